The molecular weight excluding hydrogens is 200 g/mol. The van der Waals surface area contributed by atoms with Crippen LogP contribution in [-0.2, 0) is 6.54 Å². The molecule has 16 heavy (non-hydrogen) atoms. The minimum atomic E-state index is 0.620. The Hall–Kier alpha value is -1.29. The van der Waals surface area contributed by atoms with Gasteiger partial charge in [-0.3, -0.25) is 0 Å². The highest BCUT2D eigenvalue weighted by atomic mass is 15.3. The molecule has 1 saturated heterocycles. The number of nitrogens with zero attached hydrogens (tertiary/aromatic N) is 3. The lowest BCUT2D eigenvalue weighted by atomic mass is 10.1. The topological polar surface area (TPSA) is 47.1 Å². The summed E-state index contributed by atoms with van der Waals surface area (Å²) < 4.78 is 2.15. The maximum absolute atomic E-state index is 5.71. The van der Waals surface area contributed by atoms with Gasteiger partial charge in [0.05, 0.1) is 5.69 Å². The number of aromatic nitrogens is 2. The molecule has 0 spiro atoms. The minimum absolute atomic E-state index is 0.620. The first kappa shape index (κ1) is 11.2. The first-order chi connectivity index (χ1) is 7.74. The van der Waals surface area contributed by atoms with Gasteiger partial charge < -0.3 is 15.2 Å². The van der Waals surface area contributed by atoms with Crippen molar-refractivity contribution in [2.75, 3.05) is 24.5 Å². The monoisotopic (exact) mass is 220 g/mol. The quantitative estimate of drug-likeness (QED) is 0.775. The smallest absolute Gasteiger partial charge is 0.206 e. The van der Waals surface area contributed by atoms with Gasteiger partial charge in [-0.2, -0.15) is 0 Å². The van der Waals surface area contributed by atoms with Gasteiger partial charge in [0.1, 0.15) is 0 Å². The maximum Gasteiger partial charge on any atom is 0.206 e. The number of allylic oxidation sites excluding steroid dienone is 1. The molecule has 1 fully saturated rings. The molecule has 2 N–H and O–H groups in total. The molecule has 1 aliphatic heterocycles. The largest absolute Gasteiger partial charge is 0.342 e. The second kappa shape index (κ2) is 4.70. The predicted octanol–water partition coefficient (Wildman–Crippen LogP) is 1.16. The van der Waals surface area contributed by atoms with Gasteiger partial charge >= 0.3 is 0 Å². The van der Waals surface area contributed by atoms with Crippen LogP contribution in [0.15, 0.2) is 18.9 Å². The highest BCUT2D eigenvalue weighted by Gasteiger charge is 2.24. The van der Waals surface area contributed by atoms with E-state index in [4.69, 9.17) is 5.73 Å². The molecule has 1 aromatic rings. The van der Waals surface area contributed by atoms with E-state index in [0.717, 1.165) is 37.8 Å². The summed E-state index contributed by atoms with van der Waals surface area (Å²) in [7, 11) is 0. The zero-order chi connectivity index (χ0) is 11.5. The standard InChI is InChI=1S/C12H20N4/c1-3-5-15-8-10(2)14-12(15)16-6-4-11(7-13)9-16/h3,8,11H,1,4-7,9,13H2,2H3. The van der Waals surface area contributed by atoms with Gasteiger partial charge in [-0.1, -0.05) is 6.08 Å². The first-order valence-electron chi connectivity index (χ1n) is 5.84. The zero-order valence-electron chi connectivity index (χ0n) is 9.89. The van der Waals surface area contributed by atoms with Crippen LogP contribution in [0, 0.1) is 12.8 Å². The molecule has 2 heterocycles. The van der Waals surface area contributed by atoms with Crippen LogP contribution in [-0.4, -0.2) is 29.2 Å². The van der Waals surface area contributed by atoms with E-state index in [1.54, 1.807) is 0 Å². The molecule has 0 saturated carbocycles. The lowest BCUT2D eigenvalue weighted by molar-refractivity contribution is 0.600. The summed E-state index contributed by atoms with van der Waals surface area (Å²) in [6, 6.07) is 0. The van der Waals surface area contributed by atoms with E-state index in [1.165, 1.54) is 6.42 Å². The molecule has 2 rings (SSSR count). The molecule has 0 aliphatic carbocycles. The van der Waals surface area contributed by atoms with Crippen molar-refractivity contribution in [2.45, 2.75) is 19.9 Å². The Bertz CT molecular complexity index is 369. The molecule has 0 aromatic carbocycles. The molecule has 0 bridgehead atoms. The second-order valence-corrected chi connectivity index (χ2v) is 4.46. The van der Waals surface area contributed by atoms with E-state index in [0.29, 0.717) is 5.92 Å². The third-order valence-electron chi connectivity index (χ3n) is 3.10. The molecule has 1 aromatic heterocycles. The molecule has 4 nitrogen and oxygen atoms in total. The Labute approximate surface area is 96.8 Å². The summed E-state index contributed by atoms with van der Waals surface area (Å²) in [6.07, 6.45) is 5.16. The normalized spacial score (nSPS) is 20.4. The fourth-order valence-corrected chi connectivity index (χ4v) is 2.27. The third kappa shape index (κ3) is 2.11. The van der Waals surface area contributed by atoms with Gasteiger partial charge in [0.2, 0.25) is 5.95 Å². The number of anilines is 1. The molecule has 4 heteroatoms. The van der Waals surface area contributed by atoms with Crippen LogP contribution < -0.4 is 10.6 Å². The number of hydrogen-bond donors (Lipinski definition) is 1. The Morgan fingerprint density at radius 2 is 2.50 bits per heavy atom. The number of imidazole rings is 1. The van der Waals surface area contributed by atoms with Crippen molar-refractivity contribution in [2.24, 2.45) is 11.7 Å². The number of aryl methyl sites for hydroxylation is 1. The number of nitrogens with two attached hydrogens (primary N) is 1. The molecular formula is C12H20N4. The predicted molar refractivity (Wildman–Crippen MR) is 66.5 cm³/mol. The SMILES string of the molecule is C=CCn1cc(C)nc1N1CCC(CN)C1. The van der Waals surface area contributed by atoms with Gasteiger partial charge in [-0.25, -0.2) is 4.98 Å². The summed E-state index contributed by atoms with van der Waals surface area (Å²) in [5.74, 6) is 1.68. The van der Waals surface area contributed by atoms with E-state index in [-0.39, 0.29) is 0 Å². The van der Waals surface area contributed by atoms with Crippen molar-refractivity contribution >= 4 is 5.95 Å². The van der Waals surface area contributed by atoms with Crippen molar-refractivity contribution in [1.82, 2.24) is 9.55 Å². The summed E-state index contributed by atoms with van der Waals surface area (Å²) >= 11 is 0. The molecule has 0 amide bonds. The lowest BCUT2D eigenvalue weighted by Crippen LogP contribution is -2.25. The van der Waals surface area contributed by atoms with Gasteiger partial charge in [0.25, 0.3) is 0 Å². The molecule has 0 radical (unpaired) electrons. The van der Waals surface area contributed by atoms with Crippen LogP contribution in [0.3, 0.4) is 0 Å². The van der Waals surface area contributed by atoms with Gasteiger partial charge in [-0.05, 0) is 25.8 Å². The van der Waals surface area contributed by atoms with E-state index in [2.05, 4.69) is 27.2 Å². The Kier molecular flexibility index (Phi) is 3.29. The van der Waals surface area contributed by atoms with Crippen molar-refractivity contribution < 1.29 is 0 Å². The van der Waals surface area contributed by atoms with E-state index >= 15 is 0 Å². The highest BCUT2D eigenvalue weighted by Crippen LogP contribution is 2.22. The fourth-order valence-electron chi connectivity index (χ4n) is 2.27. The molecule has 1 atom stereocenters. The van der Waals surface area contributed by atoms with Gasteiger partial charge in [0.15, 0.2) is 0 Å². The Morgan fingerprint density at radius 1 is 1.69 bits per heavy atom. The average molecular weight is 220 g/mol. The third-order valence-corrected chi connectivity index (χ3v) is 3.10. The lowest BCUT2D eigenvalue weighted by Gasteiger charge is -2.18. The van der Waals surface area contributed by atoms with E-state index in [9.17, 15) is 0 Å². The summed E-state index contributed by atoms with van der Waals surface area (Å²) in [5.41, 5.74) is 6.77. The fraction of sp³-hybridized carbons (Fsp3) is 0.583. The van der Waals surface area contributed by atoms with E-state index < -0.39 is 0 Å². The van der Waals surface area contributed by atoms with Crippen LogP contribution in [0.1, 0.15) is 12.1 Å². The highest BCUT2D eigenvalue weighted by molar-refractivity contribution is 5.35. The van der Waals surface area contributed by atoms with E-state index in [1.807, 2.05) is 13.0 Å². The Balaban J connectivity index is 2.16. The van der Waals surface area contributed by atoms with Crippen molar-refractivity contribution in [3.8, 4) is 0 Å². The van der Waals surface area contributed by atoms with Gasteiger partial charge in [-0.15, -0.1) is 6.58 Å². The van der Waals surface area contributed by atoms with Crippen molar-refractivity contribution in [3.05, 3.63) is 24.5 Å². The zero-order valence-corrected chi connectivity index (χ0v) is 9.89. The molecule has 88 valence electrons. The van der Waals surface area contributed by atoms with Crippen LogP contribution in [0.5, 0.6) is 0 Å². The minimum Gasteiger partial charge on any atom is -0.342 e. The van der Waals surface area contributed by atoms with Crippen LogP contribution in [0.2, 0.25) is 0 Å². The van der Waals surface area contributed by atoms with Gasteiger partial charge in [0, 0.05) is 25.8 Å². The summed E-state index contributed by atoms with van der Waals surface area (Å²) in [4.78, 5) is 6.91. The molecule has 1 unspecified atom stereocenters. The van der Waals surface area contributed by atoms with Crippen LogP contribution in [0.25, 0.3) is 0 Å². The molecule has 1 aliphatic rings. The van der Waals surface area contributed by atoms with Crippen LogP contribution >= 0.6 is 0 Å². The summed E-state index contributed by atoms with van der Waals surface area (Å²) in [6.45, 7) is 9.50. The van der Waals surface area contributed by atoms with Crippen molar-refractivity contribution in [3.63, 3.8) is 0 Å². The average Bonchev–Trinajstić information content (AvgIpc) is 2.85. The summed E-state index contributed by atoms with van der Waals surface area (Å²) in [5, 5.41) is 0. The number of hydrogen-bond acceptors (Lipinski definition) is 3. The first-order valence-corrected chi connectivity index (χ1v) is 5.84. The number of rotatable bonds is 4. The van der Waals surface area contributed by atoms with Crippen LogP contribution in [0.4, 0.5) is 5.95 Å². The second-order valence-electron chi connectivity index (χ2n) is 4.46. The maximum atomic E-state index is 5.71. The van der Waals surface area contributed by atoms with Crippen molar-refractivity contribution in [1.29, 1.82) is 0 Å². The Morgan fingerprint density at radius 3 is 3.12 bits per heavy atom.